The molecule has 2 aromatic heterocycles. The third-order valence-electron chi connectivity index (χ3n) is 4.26. The first-order valence-corrected chi connectivity index (χ1v) is 9.01. The van der Waals surface area contributed by atoms with Crippen molar-refractivity contribution in [3.8, 4) is 17.0 Å². The molecule has 0 aliphatic rings. The van der Waals surface area contributed by atoms with Gasteiger partial charge in [-0.25, -0.2) is 4.98 Å². The largest absolute Gasteiger partial charge is 0.427 e. The van der Waals surface area contributed by atoms with Crippen LogP contribution in [-0.2, 0) is 4.79 Å². The number of rotatable bonds is 8. The molecular weight excluding hydrogens is 346 g/mol. The lowest BCUT2D eigenvalue weighted by Gasteiger charge is -2.05. The van der Waals surface area contributed by atoms with Gasteiger partial charge in [0, 0.05) is 24.2 Å². The lowest BCUT2D eigenvalue weighted by atomic mass is 10.1. The quantitative estimate of drug-likeness (QED) is 0.188. The van der Waals surface area contributed by atoms with Crippen LogP contribution in [0, 0.1) is 10.1 Å². The highest BCUT2D eigenvalue weighted by atomic mass is 16.6. The molecule has 7 heteroatoms. The van der Waals surface area contributed by atoms with Gasteiger partial charge in [0.1, 0.15) is 11.4 Å². The van der Waals surface area contributed by atoms with Crippen LogP contribution >= 0.6 is 0 Å². The van der Waals surface area contributed by atoms with E-state index in [0.29, 0.717) is 23.5 Å². The zero-order chi connectivity index (χ0) is 19.2. The standard InChI is InChI=1S/C20H21N3O4/c1-2-3-4-5-6-20(24)27-17-10-7-15(8-11-17)18-14-22-13-16(23(25)26)9-12-19(22)21-18/h7-14H,2-6H2,1H3. The molecule has 0 N–H and O–H groups in total. The summed E-state index contributed by atoms with van der Waals surface area (Å²) in [4.78, 5) is 26.7. The molecule has 0 aliphatic heterocycles. The number of nitro groups is 1. The first-order valence-electron chi connectivity index (χ1n) is 9.01. The minimum atomic E-state index is -0.440. The Kier molecular flexibility index (Phi) is 5.80. The molecule has 0 unspecified atom stereocenters. The number of carbonyl (C=O) groups excluding carboxylic acids is 1. The van der Waals surface area contributed by atoms with Gasteiger partial charge in [0.05, 0.1) is 16.8 Å². The number of pyridine rings is 1. The highest BCUT2D eigenvalue weighted by Crippen LogP contribution is 2.24. The van der Waals surface area contributed by atoms with Crippen molar-refractivity contribution < 1.29 is 14.5 Å². The number of fused-ring (bicyclic) bond motifs is 1. The molecule has 0 bridgehead atoms. The minimum absolute atomic E-state index is 0.00708. The number of aromatic nitrogens is 2. The fraction of sp³-hybridized carbons (Fsp3) is 0.300. The molecule has 0 saturated heterocycles. The van der Waals surface area contributed by atoms with E-state index in [1.165, 1.54) is 12.3 Å². The van der Waals surface area contributed by atoms with E-state index >= 15 is 0 Å². The molecule has 0 fully saturated rings. The summed E-state index contributed by atoms with van der Waals surface area (Å²) in [6, 6.07) is 10.1. The summed E-state index contributed by atoms with van der Waals surface area (Å²) >= 11 is 0. The first-order chi connectivity index (χ1) is 13.1. The Morgan fingerprint density at radius 3 is 2.59 bits per heavy atom. The lowest BCUT2D eigenvalue weighted by Crippen LogP contribution is -2.07. The molecule has 0 saturated carbocycles. The second-order valence-corrected chi connectivity index (χ2v) is 6.35. The summed E-state index contributed by atoms with van der Waals surface area (Å²) < 4.78 is 6.97. The smallest absolute Gasteiger partial charge is 0.311 e. The van der Waals surface area contributed by atoms with E-state index in [1.807, 2.05) is 12.1 Å². The van der Waals surface area contributed by atoms with E-state index in [2.05, 4.69) is 11.9 Å². The van der Waals surface area contributed by atoms with Crippen molar-refractivity contribution in [1.29, 1.82) is 0 Å². The summed E-state index contributed by atoms with van der Waals surface area (Å²) in [6.45, 7) is 2.13. The van der Waals surface area contributed by atoms with Crippen molar-refractivity contribution in [2.45, 2.75) is 39.0 Å². The van der Waals surface area contributed by atoms with Crippen LogP contribution in [0.3, 0.4) is 0 Å². The number of hydrogen-bond acceptors (Lipinski definition) is 5. The van der Waals surface area contributed by atoms with E-state index in [4.69, 9.17) is 4.74 Å². The van der Waals surface area contributed by atoms with Gasteiger partial charge >= 0.3 is 5.97 Å². The molecule has 7 nitrogen and oxygen atoms in total. The number of ether oxygens (including phenoxy) is 1. The van der Waals surface area contributed by atoms with Crippen molar-refractivity contribution in [3.63, 3.8) is 0 Å². The van der Waals surface area contributed by atoms with Gasteiger partial charge in [-0.05, 0) is 36.8 Å². The number of unbranched alkanes of at least 4 members (excludes halogenated alkanes) is 3. The highest BCUT2D eigenvalue weighted by Gasteiger charge is 2.10. The normalized spacial score (nSPS) is 10.9. The predicted octanol–water partition coefficient (Wildman–Crippen LogP) is 4.79. The van der Waals surface area contributed by atoms with Gasteiger partial charge in [0.25, 0.3) is 5.69 Å². The van der Waals surface area contributed by atoms with Gasteiger partial charge in [0.15, 0.2) is 0 Å². The topological polar surface area (TPSA) is 86.7 Å². The van der Waals surface area contributed by atoms with Crippen molar-refractivity contribution in [3.05, 3.63) is 58.9 Å². The molecule has 0 amide bonds. The van der Waals surface area contributed by atoms with Crippen LogP contribution in [0.2, 0.25) is 0 Å². The molecule has 3 aromatic rings. The van der Waals surface area contributed by atoms with Gasteiger partial charge in [-0.15, -0.1) is 0 Å². The summed E-state index contributed by atoms with van der Waals surface area (Å²) in [6.07, 6.45) is 7.73. The van der Waals surface area contributed by atoms with Crippen LogP contribution in [0.25, 0.3) is 16.9 Å². The van der Waals surface area contributed by atoms with Crippen LogP contribution in [0.4, 0.5) is 5.69 Å². The molecule has 2 heterocycles. The second kappa shape index (κ2) is 8.44. The SMILES string of the molecule is CCCCCCC(=O)Oc1ccc(-c2cn3cc([N+](=O)[O-])ccc3n2)cc1. The number of benzene rings is 1. The molecule has 0 spiro atoms. The van der Waals surface area contributed by atoms with Crippen molar-refractivity contribution in [2.75, 3.05) is 0 Å². The van der Waals surface area contributed by atoms with Gasteiger partial charge in [-0.1, -0.05) is 26.2 Å². The summed E-state index contributed by atoms with van der Waals surface area (Å²) in [5, 5.41) is 10.9. The average Bonchev–Trinajstić information content (AvgIpc) is 3.09. The Labute approximate surface area is 156 Å². The van der Waals surface area contributed by atoms with E-state index in [1.54, 1.807) is 28.8 Å². The molecule has 1 aromatic carbocycles. The molecule has 0 atom stereocenters. The zero-order valence-corrected chi connectivity index (χ0v) is 15.1. The number of hydrogen-bond donors (Lipinski definition) is 0. The molecule has 3 rings (SSSR count). The monoisotopic (exact) mass is 367 g/mol. The number of esters is 1. The van der Waals surface area contributed by atoms with Crippen LogP contribution in [0.5, 0.6) is 5.75 Å². The maximum absolute atomic E-state index is 11.8. The molecule has 140 valence electrons. The predicted molar refractivity (Wildman–Crippen MR) is 102 cm³/mol. The van der Waals surface area contributed by atoms with Gasteiger partial charge in [0.2, 0.25) is 0 Å². The third-order valence-corrected chi connectivity index (χ3v) is 4.26. The van der Waals surface area contributed by atoms with Gasteiger partial charge < -0.3 is 4.74 Å². The fourth-order valence-electron chi connectivity index (χ4n) is 2.80. The minimum Gasteiger partial charge on any atom is -0.427 e. The molecular formula is C20H21N3O4. The number of carbonyl (C=O) groups is 1. The third kappa shape index (κ3) is 4.69. The summed E-state index contributed by atoms with van der Waals surface area (Å²) in [5.41, 5.74) is 2.16. The number of nitrogens with zero attached hydrogens (tertiary/aromatic N) is 3. The first kappa shape index (κ1) is 18.6. The van der Waals surface area contributed by atoms with Crippen LogP contribution in [0.15, 0.2) is 48.8 Å². The van der Waals surface area contributed by atoms with Crippen molar-refractivity contribution >= 4 is 17.3 Å². The maximum Gasteiger partial charge on any atom is 0.311 e. The Morgan fingerprint density at radius 2 is 1.89 bits per heavy atom. The highest BCUT2D eigenvalue weighted by molar-refractivity contribution is 5.73. The molecule has 0 radical (unpaired) electrons. The van der Waals surface area contributed by atoms with Crippen molar-refractivity contribution in [2.24, 2.45) is 0 Å². The fourth-order valence-corrected chi connectivity index (χ4v) is 2.80. The Hall–Kier alpha value is -3.22. The van der Waals surface area contributed by atoms with Gasteiger partial charge in [-0.3, -0.25) is 19.3 Å². The average molecular weight is 367 g/mol. The molecule has 27 heavy (non-hydrogen) atoms. The van der Waals surface area contributed by atoms with Crippen LogP contribution in [-0.4, -0.2) is 20.3 Å². The Morgan fingerprint density at radius 1 is 1.11 bits per heavy atom. The number of imidazole rings is 1. The Bertz CT molecular complexity index is 948. The summed E-state index contributed by atoms with van der Waals surface area (Å²) in [7, 11) is 0. The van der Waals surface area contributed by atoms with E-state index in [-0.39, 0.29) is 11.7 Å². The zero-order valence-electron chi connectivity index (χ0n) is 15.1. The van der Waals surface area contributed by atoms with E-state index in [9.17, 15) is 14.9 Å². The summed E-state index contributed by atoms with van der Waals surface area (Å²) in [5.74, 6) is 0.275. The molecule has 0 aliphatic carbocycles. The lowest BCUT2D eigenvalue weighted by molar-refractivity contribution is -0.385. The Balaban J connectivity index is 1.67. The van der Waals surface area contributed by atoms with E-state index in [0.717, 1.165) is 31.2 Å². The maximum atomic E-state index is 11.8. The van der Waals surface area contributed by atoms with Crippen molar-refractivity contribution in [1.82, 2.24) is 9.38 Å². The van der Waals surface area contributed by atoms with E-state index < -0.39 is 4.92 Å². The van der Waals surface area contributed by atoms with Gasteiger partial charge in [-0.2, -0.15) is 0 Å². The second-order valence-electron chi connectivity index (χ2n) is 6.35. The van der Waals surface area contributed by atoms with Crippen LogP contribution in [0.1, 0.15) is 39.0 Å². The van der Waals surface area contributed by atoms with Crippen LogP contribution < -0.4 is 4.74 Å².